The molecule has 1 fully saturated rings. The van der Waals surface area contributed by atoms with Gasteiger partial charge in [0.05, 0.1) is 5.56 Å². The number of likely N-dealkylation sites (N-methyl/N-ethyl adjacent to an activating group) is 1. The molecule has 1 aromatic rings. The van der Waals surface area contributed by atoms with Crippen LogP contribution in [0.2, 0.25) is 0 Å². The summed E-state index contributed by atoms with van der Waals surface area (Å²) in [6.07, 6.45) is 0. The summed E-state index contributed by atoms with van der Waals surface area (Å²) < 4.78 is 0.940. The van der Waals surface area contributed by atoms with Crippen LogP contribution in [0.25, 0.3) is 0 Å². The molecule has 1 unspecified atom stereocenters. The van der Waals surface area contributed by atoms with E-state index in [1.165, 1.54) is 0 Å². The molecule has 1 aliphatic heterocycles. The standard InChI is InChI=1S/C13H17BrN2OS/c1-9-8-15(2)5-6-16(9)13(17)11-4-3-10(14)7-12(11)18/h3-4,7,9,18H,5-6,8H2,1-2H3. The van der Waals surface area contributed by atoms with Gasteiger partial charge in [-0.1, -0.05) is 15.9 Å². The van der Waals surface area contributed by atoms with Crippen molar-refractivity contribution >= 4 is 34.5 Å². The maximum atomic E-state index is 12.5. The Morgan fingerprint density at radius 2 is 2.17 bits per heavy atom. The van der Waals surface area contributed by atoms with Crippen molar-refractivity contribution in [1.29, 1.82) is 0 Å². The van der Waals surface area contributed by atoms with E-state index >= 15 is 0 Å². The molecule has 18 heavy (non-hydrogen) atoms. The Bertz CT molecular complexity index is 466. The van der Waals surface area contributed by atoms with Gasteiger partial charge in [-0.05, 0) is 32.2 Å². The van der Waals surface area contributed by atoms with E-state index in [9.17, 15) is 4.79 Å². The highest BCUT2D eigenvalue weighted by Crippen LogP contribution is 2.22. The molecular weight excluding hydrogens is 312 g/mol. The number of halogens is 1. The first-order valence-corrected chi connectivity index (χ1v) is 7.21. The lowest BCUT2D eigenvalue weighted by Gasteiger charge is -2.38. The van der Waals surface area contributed by atoms with E-state index in [1.807, 2.05) is 23.1 Å². The van der Waals surface area contributed by atoms with Gasteiger partial charge in [-0.25, -0.2) is 0 Å². The van der Waals surface area contributed by atoms with Gasteiger partial charge in [-0.2, -0.15) is 0 Å². The highest BCUT2D eigenvalue weighted by atomic mass is 79.9. The number of rotatable bonds is 1. The van der Waals surface area contributed by atoms with Crippen LogP contribution in [0.3, 0.4) is 0 Å². The van der Waals surface area contributed by atoms with E-state index in [0.29, 0.717) is 5.56 Å². The maximum Gasteiger partial charge on any atom is 0.255 e. The largest absolute Gasteiger partial charge is 0.333 e. The molecule has 3 nitrogen and oxygen atoms in total. The lowest BCUT2D eigenvalue weighted by molar-refractivity contribution is 0.0530. The van der Waals surface area contributed by atoms with Crippen molar-refractivity contribution in [3.8, 4) is 0 Å². The minimum absolute atomic E-state index is 0.0769. The van der Waals surface area contributed by atoms with Crippen LogP contribution in [0.5, 0.6) is 0 Å². The minimum atomic E-state index is 0.0769. The molecule has 0 saturated carbocycles. The Labute approximate surface area is 122 Å². The molecule has 1 saturated heterocycles. The fourth-order valence-electron chi connectivity index (χ4n) is 2.28. The molecule has 2 rings (SSSR count). The molecule has 0 spiro atoms. The predicted molar refractivity (Wildman–Crippen MR) is 79.4 cm³/mol. The topological polar surface area (TPSA) is 23.6 Å². The van der Waals surface area contributed by atoms with Crippen LogP contribution in [-0.2, 0) is 0 Å². The normalized spacial score (nSPS) is 21.1. The first-order chi connectivity index (χ1) is 8.49. The predicted octanol–water partition coefficient (Wildman–Crippen LogP) is 2.51. The van der Waals surface area contributed by atoms with Crippen molar-refractivity contribution in [2.24, 2.45) is 0 Å². The SMILES string of the molecule is CC1CN(C)CCN1C(=O)c1ccc(Br)cc1S. The van der Waals surface area contributed by atoms with Crippen molar-refractivity contribution < 1.29 is 4.79 Å². The molecule has 0 radical (unpaired) electrons. The zero-order valence-electron chi connectivity index (χ0n) is 10.6. The van der Waals surface area contributed by atoms with Crippen molar-refractivity contribution in [1.82, 2.24) is 9.80 Å². The lowest BCUT2D eigenvalue weighted by atomic mass is 10.1. The molecule has 0 aliphatic carbocycles. The third-order valence-electron chi connectivity index (χ3n) is 3.28. The van der Waals surface area contributed by atoms with Crippen LogP contribution < -0.4 is 0 Å². The van der Waals surface area contributed by atoms with Gasteiger partial charge in [-0.15, -0.1) is 12.6 Å². The van der Waals surface area contributed by atoms with Crippen molar-refractivity contribution in [3.05, 3.63) is 28.2 Å². The van der Waals surface area contributed by atoms with E-state index in [4.69, 9.17) is 0 Å². The van der Waals surface area contributed by atoms with Crippen molar-refractivity contribution in [2.45, 2.75) is 17.9 Å². The fraction of sp³-hybridized carbons (Fsp3) is 0.462. The maximum absolute atomic E-state index is 12.5. The van der Waals surface area contributed by atoms with Crippen molar-refractivity contribution in [3.63, 3.8) is 0 Å². The van der Waals surface area contributed by atoms with E-state index in [-0.39, 0.29) is 11.9 Å². The second kappa shape index (κ2) is 5.63. The smallest absolute Gasteiger partial charge is 0.255 e. The van der Waals surface area contributed by atoms with Crippen LogP contribution in [0.1, 0.15) is 17.3 Å². The summed E-state index contributed by atoms with van der Waals surface area (Å²) in [6, 6.07) is 5.82. The van der Waals surface area contributed by atoms with Gasteiger partial charge < -0.3 is 9.80 Å². The summed E-state index contributed by atoms with van der Waals surface area (Å²) in [5, 5.41) is 0. The Morgan fingerprint density at radius 3 is 2.78 bits per heavy atom. The van der Waals surface area contributed by atoms with Gasteiger partial charge in [0.2, 0.25) is 0 Å². The number of hydrogen-bond donors (Lipinski definition) is 1. The molecule has 1 aliphatic rings. The van der Waals surface area contributed by atoms with E-state index in [2.05, 4.69) is 47.4 Å². The number of piperazine rings is 1. The molecule has 1 heterocycles. The first-order valence-electron chi connectivity index (χ1n) is 5.97. The number of amides is 1. The minimum Gasteiger partial charge on any atom is -0.333 e. The second-order valence-corrected chi connectivity index (χ2v) is 6.17. The van der Waals surface area contributed by atoms with Crippen LogP contribution in [-0.4, -0.2) is 48.4 Å². The number of carbonyl (C=O) groups excluding carboxylic acids is 1. The van der Waals surface area contributed by atoms with E-state index in [1.54, 1.807) is 0 Å². The van der Waals surface area contributed by atoms with Gasteiger partial charge in [0, 0.05) is 35.0 Å². The Kier molecular flexibility index (Phi) is 4.35. The van der Waals surface area contributed by atoms with E-state index < -0.39 is 0 Å². The Morgan fingerprint density at radius 1 is 1.44 bits per heavy atom. The first kappa shape index (κ1) is 13.9. The number of thiol groups is 1. The summed E-state index contributed by atoms with van der Waals surface area (Å²) in [6.45, 7) is 4.71. The van der Waals surface area contributed by atoms with Gasteiger partial charge in [0.15, 0.2) is 0 Å². The average molecular weight is 329 g/mol. The van der Waals surface area contributed by atoms with Gasteiger partial charge in [0.25, 0.3) is 5.91 Å². The molecule has 1 aromatic carbocycles. The number of hydrogen-bond acceptors (Lipinski definition) is 3. The molecule has 5 heteroatoms. The molecule has 98 valence electrons. The number of nitrogens with zero attached hydrogens (tertiary/aromatic N) is 2. The summed E-state index contributed by atoms with van der Waals surface area (Å²) >= 11 is 7.77. The highest BCUT2D eigenvalue weighted by molar-refractivity contribution is 9.10. The third kappa shape index (κ3) is 2.90. The van der Waals surface area contributed by atoms with E-state index in [0.717, 1.165) is 29.0 Å². The quantitative estimate of drug-likeness (QED) is 0.801. The van der Waals surface area contributed by atoms with Crippen LogP contribution in [0.4, 0.5) is 0 Å². The molecular formula is C13H17BrN2OS. The van der Waals surface area contributed by atoms with Gasteiger partial charge in [0.1, 0.15) is 0 Å². The van der Waals surface area contributed by atoms with Crippen LogP contribution >= 0.6 is 28.6 Å². The monoisotopic (exact) mass is 328 g/mol. The summed E-state index contributed by atoms with van der Waals surface area (Å²) in [5.41, 5.74) is 0.679. The average Bonchev–Trinajstić information content (AvgIpc) is 2.28. The third-order valence-corrected chi connectivity index (χ3v) is 4.14. The zero-order chi connectivity index (χ0) is 13.3. The van der Waals surface area contributed by atoms with Crippen LogP contribution in [0.15, 0.2) is 27.6 Å². The number of carbonyl (C=O) groups is 1. The van der Waals surface area contributed by atoms with Gasteiger partial charge in [-0.3, -0.25) is 4.79 Å². The molecule has 0 bridgehead atoms. The highest BCUT2D eigenvalue weighted by Gasteiger charge is 2.27. The molecule has 0 N–H and O–H groups in total. The summed E-state index contributed by atoms with van der Waals surface area (Å²) in [5.74, 6) is 0.0769. The Hall–Kier alpha value is -0.520. The van der Waals surface area contributed by atoms with Crippen molar-refractivity contribution in [2.75, 3.05) is 26.7 Å². The molecule has 1 amide bonds. The lowest BCUT2D eigenvalue weighted by Crippen LogP contribution is -2.52. The second-order valence-electron chi connectivity index (χ2n) is 4.77. The number of benzene rings is 1. The fourth-order valence-corrected chi connectivity index (χ4v) is 3.13. The van der Waals surface area contributed by atoms with Gasteiger partial charge >= 0.3 is 0 Å². The Balaban J connectivity index is 2.20. The zero-order valence-corrected chi connectivity index (χ0v) is 13.0. The molecule has 0 aromatic heterocycles. The summed E-state index contributed by atoms with van der Waals surface area (Å²) in [7, 11) is 2.09. The molecule has 1 atom stereocenters. The summed E-state index contributed by atoms with van der Waals surface area (Å²) in [4.78, 5) is 17.4. The van der Waals surface area contributed by atoms with Crippen LogP contribution in [0, 0.1) is 0 Å².